The second-order valence-corrected chi connectivity index (χ2v) is 0.806. The van der Waals surface area contributed by atoms with Crippen molar-refractivity contribution in [3.63, 3.8) is 0 Å². The summed E-state index contributed by atoms with van der Waals surface area (Å²) in [4.78, 5) is 9.70. The molecular weight excluding hydrogens is 106 g/mol. The molecule has 0 aromatic rings. The van der Waals surface area contributed by atoms with E-state index in [0.717, 1.165) is 0 Å². The van der Waals surface area contributed by atoms with Gasteiger partial charge in [-0.1, -0.05) is 0 Å². The van der Waals surface area contributed by atoms with E-state index >= 15 is 0 Å². The summed E-state index contributed by atoms with van der Waals surface area (Å²) in [6.45, 7) is 1.47. The minimum absolute atomic E-state index is 0. The van der Waals surface area contributed by atoms with Crippen molar-refractivity contribution in [1.29, 1.82) is 0 Å². The van der Waals surface area contributed by atoms with Gasteiger partial charge in [0.2, 0.25) is 5.91 Å². The van der Waals surface area contributed by atoms with Gasteiger partial charge in [0, 0.05) is 14.0 Å². The maximum absolute atomic E-state index is 9.70. The Morgan fingerprint density at radius 1 is 1.67 bits per heavy atom. The fraction of sp³-hybridized carbons (Fsp3) is 0.667. The first kappa shape index (κ1) is 9.88. The first-order chi connectivity index (χ1) is 2.27. The molecule has 0 saturated carbocycles. The number of hydrogen-bond acceptors (Lipinski definition) is 1. The summed E-state index contributed by atoms with van der Waals surface area (Å²) in [5.74, 6) is 0.00463. The second kappa shape index (κ2) is 5.73. The van der Waals surface area contributed by atoms with Gasteiger partial charge in [-0.2, -0.15) is 0 Å². The summed E-state index contributed by atoms with van der Waals surface area (Å²) in [5.41, 5.74) is 0. The molecule has 1 N–H and O–H groups in total. The molecule has 0 aliphatic carbocycles. The van der Waals surface area contributed by atoms with Crippen LogP contribution in [-0.4, -0.2) is 50.7 Å². The predicted octanol–water partition coefficient (Wildman–Crippen LogP) is -0.629. The van der Waals surface area contributed by atoms with Crippen LogP contribution in [0.4, 0.5) is 0 Å². The summed E-state index contributed by atoms with van der Waals surface area (Å²) in [7, 11) is 1.60. The fourth-order valence-electron chi connectivity index (χ4n) is 0. The topological polar surface area (TPSA) is 29.1 Å². The van der Waals surface area contributed by atoms with Crippen LogP contribution in [0.25, 0.3) is 0 Å². The Morgan fingerprint density at radius 2 is 1.83 bits per heavy atom. The Bertz CT molecular complexity index is 46.1. The van der Waals surface area contributed by atoms with Gasteiger partial charge in [-0.25, -0.2) is 0 Å². The van der Waals surface area contributed by atoms with Crippen molar-refractivity contribution < 1.29 is 4.79 Å². The molecule has 0 spiro atoms. The first-order valence-electron chi connectivity index (χ1n) is 1.45. The zero-order valence-corrected chi connectivity index (χ0v) is 6.32. The summed E-state index contributed by atoms with van der Waals surface area (Å²) >= 11 is 0. The third kappa shape index (κ3) is 8.83. The Balaban J connectivity index is 0. The SMILES string of the molecule is CNC(C)=O.[Ca+2]. The first-order valence-corrected chi connectivity index (χ1v) is 1.45. The van der Waals surface area contributed by atoms with Crippen molar-refractivity contribution in [3.8, 4) is 0 Å². The van der Waals surface area contributed by atoms with Gasteiger partial charge in [0.25, 0.3) is 0 Å². The Hall–Kier alpha value is 0.730. The molecule has 2 nitrogen and oxygen atoms in total. The van der Waals surface area contributed by atoms with Crippen LogP contribution >= 0.6 is 0 Å². The number of hydrogen-bond donors (Lipinski definition) is 1. The molecule has 1 amide bonds. The largest absolute Gasteiger partial charge is 2.00 e. The van der Waals surface area contributed by atoms with E-state index in [0.29, 0.717) is 0 Å². The minimum Gasteiger partial charge on any atom is -0.359 e. The molecule has 0 unspecified atom stereocenters. The minimum atomic E-state index is 0. The van der Waals surface area contributed by atoms with Gasteiger partial charge in [0.1, 0.15) is 0 Å². The summed E-state index contributed by atoms with van der Waals surface area (Å²) in [5, 5.41) is 2.39. The van der Waals surface area contributed by atoms with E-state index in [-0.39, 0.29) is 43.6 Å². The number of nitrogens with one attached hydrogen (secondary N) is 1. The van der Waals surface area contributed by atoms with E-state index < -0.39 is 0 Å². The van der Waals surface area contributed by atoms with Gasteiger partial charge in [0.05, 0.1) is 0 Å². The molecule has 0 aliphatic rings. The molecule has 6 heavy (non-hydrogen) atoms. The summed E-state index contributed by atoms with van der Waals surface area (Å²) < 4.78 is 0. The second-order valence-electron chi connectivity index (χ2n) is 0.806. The van der Waals surface area contributed by atoms with Gasteiger partial charge < -0.3 is 5.32 Å². The van der Waals surface area contributed by atoms with E-state index in [9.17, 15) is 4.79 Å². The maximum atomic E-state index is 9.70. The van der Waals surface area contributed by atoms with Crippen LogP contribution in [0.15, 0.2) is 0 Å². The van der Waals surface area contributed by atoms with Crippen LogP contribution in [0.2, 0.25) is 0 Å². The number of carbonyl (C=O) groups is 1. The van der Waals surface area contributed by atoms with Crippen molar-refractivity contribution in [2.45, 2.75) is 6.92 Å². The molecule has 3 heteroatoms. The average Bonchev–Trinajstić information content (AvgIpc) is 1.38. The van der Waals surface area contributed by atoms with Gasteiger partial charge in [-0.3, -0.25) is 4.79 Å². The molecular formula is C3H7CaNO+2. The molecule has 30 valence electrons. The van der Waals surface area contributed by atoms with E-state index in [1.54, 1.807) is 7.05 Å². The van der Waals surface area contributed by atoms with Gasteiger partial charge >= 0.3 is 37.7 Å². The number of rotatable bonds is 0. The van der Waals surface area contributed by atoms with Crippen LogP contribution < -0.4 is 5.32 Å². The van der Waals surface area contributed by atoms with Crippen LogP contribution in [0.3, 0.4) is 0 Å². The molecule has 0 radical (unpaired) electrons. The quantitative estimate of drug-likeness (QED) is 0.416. The van der Waals surface area contributed by atoms with Gasteiger partial charge in [0.15, 0.2) is 0 Å². The molecule has 0 bridgehead atoms. The third-order valence-electron chi connectivity index (χ3n) is 0.352. The molecule has 0 aromatic heterocycles. The van der Waals surface area contributed by atoms with Crippen molar-refractivity contribution >= 4 is 43.6 Å². The maximum Gasteiger partial charge on any atom is 2.00 e. The van der Waals surface area contributed by atoms with E-state index in [1.807, 2.05) is 0 Å². The van der Waals surface area contributed by atoms with Crippen LogP contribution in [0.5, 0.6) is 0 Å². The Kier molecular flexibility index (Phi) is 9.43. The molecule has 0 heterocycles. The Morgan fingerprint density at radius 3 is 1.83 bits per heavy atom. The molecule has 0 rings (SSSR count). The molecule has 0 aromatic carbocycles. The summed E-state index contributed by atoms with van der Waals surface area (Å²) in [6, 6.07) is 0. The standard InChI is InChI=1S/C3H7NO.Ca/c1-3(5)4-2;/h1-2H3,(H,4,5);/q;+2. The predicted molar refractivity (Wildman–Crippen MR) is 25.5 cm³/mol. The third-order valence-corrected chi connectivity index (χ3v) is 0.352. The van der Waals surface area contributed by atoms with Crippen LogP contribution in [-0.2, 0) is 4.79 Å². The number of carbonyl (C=O) groups excluding carboxylic acids is 1. The molecule has 0 aliphatic heterocycles. The monoisotopic (exact) mass is 113 g/mol. The molecule has 0 atom stereocenters. The van der Waals surface area contributed by atoms with Crippen molar-refractivity contribution in [1.82, 2.24) is 5.32 Å². The fourth-order valence-corrected chi connectivity index (χ4v) is 0. The number of amides is 1. The average molecular weight is 113 g/mol. The van der Waals surface area contributed by atoms with Crippen LogP contribution in [0, 0.1) is 0 Å². The van der Waals surface area contributed by atoms with Crippen molar-refractivity contribution in [3.05, 3.63) is 0 Å². The van der Waals surface area contributed by atoms with E-state index in [2.05, 4.69) is 5.32 Å². The van der Waals surface area contributed by atoms with E-state index in [1.165, 1.54) is 6.92 Å². The van der Waals surface area contributed by atoms with Gasteiger partial charge in [-0.05, 0) is 0 Å². The normalized spacial score (nSPS) is 5.67. The van der Waals surface area contributed by atoms with Crippen LogP contribution in [0.1, 0.15) is 6.92 Å². The smallest absolute Gasteiger partial charge is 0.359 e. The molecule has 0 fully saturated rings. The van der Waals surface area contributed by atoms with Crippen molar-refractivity contribution in [2.24, 2.45) is 0 Å². The van der Waals surface area contributed by atoms with E-state index in [4.69, 9.17) is 0 Å². The Labute approximate surface area is 67.3 Å². The molecule has 0 saturated heterocycles. The summed E-state index contributed by atoms with van der Waals surface area (Å²) in [6.07, 6.45) is 0. The zero-order valence-electron chi connectivity index (χ0n) is 4.12. The van der Waals surface area contributed by atoms with Crippen molar-refractivity contribution in [2.75, 3.05) is 7.05 Å². The van der Waals surface area contributed by atoms with Gasteiger partial charge in [-0.15, -0.1) is 0 Å². The zero-order chi connectivity index (χ0) is 4.28.